The van der Waals surface area contributed by atoms with Gasteiger partial charge in [-0.2, -0.15) is 0 Å². The first-order chi connectivity index (χ1) is 13.8. The van der Waals surface area contributed by atoms with Crippen LogP contribution in [0.5, 0.6) is 5.75 Å². The Kier molecular flexibility index (Phi) is 4.45. The van der Waals surface area contributed by atoms with Crippen molar-refractivity contribution in [1.82, 2.24) is 4.98 Å². The lowest BCUT2D eigenvalue weighted by Gasteiger charge is -2.15. The molecule has 0 bridgehead atoms. The van der Waals surface area contributed by atoms with Gasteiger partial charge in [0.25, 0.3) is 5.91 Å². The van der Waals surface area contributed by atoms with Crippen molar-refractivity contribution >= 4 is 43.1 Å². The standard InChI is InChI=1S/C23H20N2O2S/c26-23(15-11-13-24-14-12-15)25-18-9-10-19(27-16-5-1-2-6-16)22-21(18)17-7-3-4-8-20(17)28-22/h3-4,7-14,16H,1-2,5-6H2,(H,25,26). The number of fused-ring (bicyclic) bond motifs is 3. The number of nitrogens with zero attached hydrogens (tertiary/aromatic N) is 1. The number of thiophene rings is 1. The molecule has 2 aromatic heterocycles. The maximum atomic E-state index is 12.7. The van der Waals surface area contributed by atoms with E-state index in [1.54, 1.807) is 35.9 Å². The number of hydrogen-bond donors (Lipinski definition) is 1. The minimum atomic E-state index is -0.136. The highest BCUT2D eigenvalue weighted by molar-refractivity contribution is 7.26. The fourth-order valence-electron chi connectivity index (χ4n) is 3.88. The number of aromatic nitrogens is 1. The van der Waals surface area contributed by atoms with Crippen molar-refractivity contribution in [3.63, 3.8) is 0 Å². The van der Waals surface area contributed by atoms with Gasteiger partial charge in [0, 0.05) is 33.4 Å². The number of nitrogens with one attached hydrogen (secondary N) is 1. The summed E-state index contributed by atoms with van der Waals surface area (Å²) >= 11 is 1.72. The molecule has 0 spiro atoms. The minimum Gasteiger partial charge on any atom is -0.489 e. The van der Waals surface area contributed by atoms with E-state index in [1.165, 1.54) is 17.5 Å². The summed E-state index contributed by atoms with van der Waals surface area (Å²) in [5.41, 5.74) is 1.40. The molecule has 1 aliphatic carbocycles. The predicted molar refractivity (Wildman–Crippen MR) is 114 cm³/mol. The number of benzene rings is 2. The van der Waals surface area contributed by atoms with Gasteiger partial charge in [-0.25, -0.2) is 0 Å². The fraction of sp³-hybridized carbons (Fsp3) is 0.217. The average molecular weight is 388 g/mol. The van der Waals surface area contributed by atoms with Gasteiger partial charge in [-0.3, -0.25) is 9.78 Å². The molecule has 1 amide bonds. The second-order valence-electron chi connectivity index (χ2n) is 7.13. The molecule has 0 radical (unpaired) electrons. The zero-order valence-electron chi connectivity index (χ0n) is 15.4. The van der Waals surface area contributed by atoms with Gasteiger partial charge in [-0.05, 0) is 56.0 Å². The summed E-state index contributed by atoms with van der Waals surface area (Å²) in [4.78, 5) is 16.7. The molecule has 1 saturated carbocycles. The second kappa shape index (κ2) is 7.24. The second-order valence-corrected chi connectivity index (χ2v) is 8.18. The molecule has 2 aromatic carbocycles. The van der Waals surface area contributed by atoms with Crippen LogP contribution in [0.2, 0.25) is 0 Å². The Morgan fingerprint density at radius 2 is 1.82 bits per heavy atom. The number of anilines is 1. The van der Waals surface area contributed by atoms with Crippen LogP contribution in [0, 0.1) is 0 Å². The third kappa shape index (κ3) is 3.12. The van der Waals surface area contributed by atoms with Gasteiger partial charge in [0.1, 0.15) is 5.75 Å². The third-order valence-electron chi connectivity index (χ3n) is 5.28. The molecule has 1 fully saturated rings. The maximum Gasteiger partial charge on any atom is 0.255 e. The molecule has 1 N–H and O–H groups in total. The summed E-state index contributed by atoms with van der Waals surface area (Å²) in [7, 11) is 0. The molecule has 4 nitrogen and oxygen atoms in total. The molecule has 0 atom stereocenters. The Morgan fingerprint density at radius 1 is 1.04 bits per heavy atom. The number of carbonyl (C=O) groups excluding carboxylic acids is 1. The average Bonchev–Trinajstić information content (AvgIpc) is 3.38. The van der Waals surface area contributed by atoms with Crippen molar-refractivity contribution in [3.05, 3.63) is 66.5 Å². The highest BCUT2D eigenvalue weighted by atomic mass is 32.1. The van der Waals surface area contributed by atoms with Crippen molar-refractivity contribution in [3.8, 4) is 5.75 Å². The van der Waals surface area contributed by atoms with Crippen LogP contribution in [-0.2, 0) is 0 Å². The molecule has 4 aromatic rings. The largest absolute Gasteiger partial charge is 0.489 e. The van der Waals surface area contributed by atoms with Crippen LogP contribution in [0.3, 0.4) is 0 Å². The quantitative estimate of drug-likeness (QED) is 0.465. The molecule has 0 unspecified atom stereocenters. The fourth-order valence-corrected chi connectivity index (χ4v) is 5.07. The monoisotopic (exact) mass is 388 g/mol. The van der Waals surface area contributed by atoms with Gasteiger partial charge in [-0.15, -0.1) is 11.3 Å². The van der Waals surface area contributed by atoms with Gasteiger partial charge in [0.05, 0.1) is 16.5 Å². The van der Waals surface area contributed by atoms with Gasteiger partial charge >= 0.3 is 0 Å². The van der Waals surface area contributed by atoms with Crippen LogP contribution in [0.25, 0.3) is 20.2 Å². The summed E-state index contributed by atoms with van der Waals surface area (Å²) in [6.45, 7) is 0. The van der Waals surface area contributed by atoms with Crippen molar-refractivity contribution in [2.75, 3.05) is 5.32 Å². The SMILES string of the molecule is O=C(Nc1ccc(OC2CCCC2)c2sc3ccccc3c12)c1ccncc1. The number of hydrogen-bond acceptors (Lipinski definition) is 4. The normalized spacial score (nSPS) is 14.6. The van der Waals surface area contributed by atoms with Gasteiger partial charge < -0.3 is 10.1 Å². The maximum absolute atomic E-state index is 12.7. The van der Waals surface area contributed by atoms with Crippen LogP contribution < -0.4 is 10.1 Å². The minimum absolute atomic E-state index is 0.136. The Morgan fingerprint density at radius 3 is 2.64 bits per heavy atom. The van der Waals surface area contributed by atoms with Crippen LogP contribution >= 0.6 is 11.3 Å². The summed E-state index contributed by atoms with van der Waals surface area (Å²) in [6, 6.07) is 15.7. The molecule has 0 saturated heterocycles. The van der Waals surface area contributed by atoms with Crippen LogP contribution in [0.15, 0.2) is 60.9 Å². The summed E-state index contributed by atoms with van der Waals surface area (Å²) in [5, 5.41) is 5.28. The van der Waals surface area contributed by atoms with Crippen LogP contribution in [0.1, 0.15) is 36.0 Å². The highest BCUT2D eigenvalue weighted by Crippen LogP contribution is 2.44. The predicted octanol–water partition coefficient (Wildman–Crippen LogP) is 6.02. The van der Waals surface area contributed by atoms with Gasteiger partial charge in [0.2, 0.25) is 0 Å². The number of amides is 1. The Balaban J connectivity index is 1.60. The number of rotatable bonds is 4. The van der Waals surface area contributed by atoms with Gasteiger partial charge in [0.15, 0.2) is 0 Å². The lowest BCUT2D eigenvalue weighted by molar-refractivity contribution is 0.102. The Labute approximate surface area is 167 Å². The molecular weight excluding hydrogens is 368 g/mol. The van der Waals surface area contributed by atoms with E-state index in [0.717, 1.165) is 39.8 Å². The van der Waals surface area contributed by atoms with Crippen LogP contribution in [-0.4, -0.2) is 17.0 Å². The molecule has 140 valence electrons. The van der Waals surface area contributed by atoms with E-state index in [-0.39, 0.29) is 5.91 Å². The van der Waals surface area contributed by atoms with E-state index in [0.29, 0.717) is 11.7 Å². The highest BCUT2D eigenvalue weighted by Gasteiger charge is 2.20. The zero-order chi connectivity index (χ0) is 18.9. The Bertz CT molecular complexity index is 1150. The third-order valence-corrected chi connectivity index (χ3v) is 6.46. The summed E-state index contributed by atoms with van der Waals surface area (Å²) in [6.07, 6.45) is 8.26. The molecular formula is C23H20N2O2S. The van der Waals surface area contributed by atoms with Crippen LogP contribution in [0.4, 0.5) is 5.69 Å². The van der Waals surface area contributed by atoms with E-state index in [1.807, 2.05) is 24.3 Å². The summed E-state index contributed by atoms with van der Waals surface area (Å²) < 4.78 is 8.64. The lowest BCUT2D eigenvalue weighted by Crippen LogP contribution is -2.13. The first-order valence-corrected chi connectivity index (χ1v) is 10.4. The Hall–Kier alpha value is -2.92. The first kappa shape index (κ1) is 17.2. The molecule has 1 aliphatic rings. The van der Waals surface area contributed by atoms with E-state index < -0.39 is 0 Å². The molecule has 0 aliphatic heterocycles. The molecule has 28 heavy (non-hydrogen) atoms. The lowest BCUT2D eigenvalue weighted by atomic mass is 10.1. The van der Waals surface area contributed by atoms with Crippen molar-refractivity contribution in [2.45, 2.75) is 31.8 Å². The number of pyridine rings is 1. The van der Waals surface area contributed by atoms with Crippen molar-refractivity contribution in [2.24, 2.45) is 0 Å². The number of ether oxygens (including phenoxy) is 1. The first-order valence-electron chi connectivity index (χ1n) is 9.62. The van der Waals surface area contributed by atoms with Crippen molar-refractivity contribution < 1.29 is 9.53 Å². The topological polar surface area (TPSA) is 51.2 Å². The zero-order valence-corrected chi connectivity index (χ0v) is 16.2. The van der Waals surface area contributed by atoms with E-state index in [9.17, 15) is 4.79 Å². The molecule has 5 heteroatoms. The number of carbonyl (C=O) groups is 1. The smallest absolute Gasteiger partial charge is 0.255 e. The molecule has 5 rings (SSSR count). The van der Waals surface area contributed by atoms with E-state index in [4.69, 9.17) is 4.74 Å². The van der Waals surface area contributed by atoms with E-state index in [2.05, 4.69) is 22.4 Å². The van der Waals surface area contributed by atoms with Crippen molar-refractivity contribution in [1.29, 1.82) is 0 Å². The summed E-state index contributed by atoms with van der Waals surface area (Å²) in [5.74, 6) is 0.786. The van der Waals surface area contributed by atoms with Gasteiger partial charge in [-0.1, -0.05) is 18.2 Å². The molecule has 2 heterocycles. The van der Waals surface area contributed by atoms with E-state index >= 15 is 0 Å².